The second-order valence-corrected chi connectivity index (χ2v) is 7.23. The van der Waals surface area contributed by atoms with Gasteiger partial charge in [0, 0.05) is 17.8 Å². The molecule has 4 aliphatic rings. The van der Waals surface area contributed by atoms with Gasteiger partial charge in [-0.2, -0.15) is 0 Å². The fraction of sp³-hybridized carbons (Fsp3) is 0.800. The maximum absolute atomic E-state index is 12.3. The first-order chi connectivity index (χ1) is 8.22. The molecule has 0 aliphatic heterocycles. The number of allylic oxidation sites excluding steroid dienone is 2. The zero-order valence-electron chi connectivity index (χ0n) is 11.5. The molecule has 0 aromatic carbocycles. The number of carbonyl (C=O) groups excluding carboxylic acids is 1. The van der Waals surface area contributed by atoms with Crippen molar-refractivity contribution < 1.29 is 15.0 Å². The number of carbonyl (C=O) groups is 1. The summed E-state index contributed by atoms with van der Waals surface area (Å²) in [4.78, 5) is 12.3. The van der Waals surface area contributed by atoms with E-state index in [-0.39, 0.29) is 34.4 Å². The summed E-state index contributed by atoms with van der Waals surface area (Å²) in [5.74, 6) is 0.437. The van der Waals surface area contributed by atoms with E-state index in [1.165, 1.54) is 0 Å². The van der Waals surface area contributed by atoms with Crippen molar-refractivity contribution in [2.24, 2.45) is 28.6 Å². The van der Waals surface area contributed by atoms with E-state index in [9.17, 15) is 15.0 Å². The Morgan fingerprint density at radius 3 is 2.33 bits per heavy atom. The van der Waals surface area contributed by atoms with Gasteiger partial charge in [0.25, 0.3) is 0 Å². The minimum Gasteiger partial charge on any atom is -0.392 e. The summed E-state index contributed by atoms with van der Waals surface area (Å²) in [5, 5.41) is 20.8. The molecule has 2 saturated carbocycles. The van der Waals surface area contributed by atoms with Gasteiger partial charge in [0.2, 0.25) is 0 Å². The Balaban J connectivity index is 2.18. The van der Waals surface area contributed by atoms with Crippen molar-refractivity contribution in [3.05, 3.63) is 11.6 Å². The van der Waals surface area contributed by atoms with Crippen LogP contribution in [0.5, 0.6) is 0 Å². The summed E-state index contributed by atoms with van der Waals surface area (Å²) >= 11 is 0. The van der Waals surface area contributed by atoms with Crippen LogP contribution in [0, 0.1) is 28.6 Å². The Morgan fingerprint density at radius 2 is 1.78 bits per heavy atom. The van der Waals surface area contributed by atoms with E-state index in [2.05, 4.69) is 0 Å². The molecule has 4 bridgehead atoms. The molecular weight excluding hydrogens is 228 g/mol. The highest BCUT2D eigenvalue weighted by molar-refractivity contribution is 5.96. The van der Waals surface area contributed by atoms with Gasteiger partial charge in [-0.05, 0) is 30.3 Å². The number of fused-ring (bicyclic) bond motifs is 1. The summed E-state index contributed by atoms with van der Waals surface area (Å²) in [6.45, 7) is 8.08. The van der Waals surface area contributed by atoms with Crippen LogP contribution in [0.3, 0.4) is 0 Å². The van der Waals surface area contributed by atoms with Gasteiger partial charge in [-0.3, -0.25) is 4.79 Å². The third kappa shape index (κ3) is 1.11. The molecular formula is C15H22O3. The first kappa shape index (κ1) is 12.4. The third-order valence-corrected chi connectivity index (χ3v) is 6.11. The van der Waals surface area contributed by atoms with E-state index in [1.54, 1.807) is 6.08 Å². The molecule has 4 rings (SSSR count). The molecule has 0 unspecified atom stereocenters. The fourth-order valence-corrected chi connectivity index (χ4v) is 4.97. The van der Waals surface area contributed by atoms with Gasteiger partial charge in [0.15, 0.2) is 5.78 Å². The van der Waals surface area contributed by atoms with Crippen LogP contribution in [0.15, 0.2) is 11.6 Å². The molecule has 0 spiro atoms. The Bertz CT molecular complexity index is 451. The first-order valence-corrected chi connectivity index (χ1v) is 6.80. The van der Waals surface area contributed by atoms with Gasteiger partial charge < -0.3 is 10.2 Å². The van der Waals surface area contributed by atoms with Crippen LogP contribution in [0.25, 0.3) is 0 Å². The number of hydrogen-bond acceptors (Lipinski definition) is 3. The van der Waals surface area contributed by atoms with Crippen LogP contribution in [-0.4, -0.2) is 28.2 Å². The Morgan fingerprint density at radius 1 is 1.17 bits per heavy atom. The van der Waals surface area contributed by atoms with Crippen molar-refractivity contribution in [2.75, 3.05) is 0 Å². The maximum atomic E-state index is 12.3. The molecule has 2 N–H and O–H groups in total. The summed E-state index contributed by atoms with van der Waals surface area (Å²) in [7, 11) is 0. The van der Waals surface area contributed by atoms with Gasteiger partial charge in [-0.1, -0.05) is 26.3 Å². The monoisotopic (exact) mass is 250 g/mol. The minimum absolute atomic E-state index is 0.117. The van der Waals surface area contributed by atoms with E-state index in [4.69, 9.17) is 0 Å². The number of aliphatic hydroxyl groups is 2. The van der Waals surface area contributed by atoms with E-state index >= 15 is 0 Å². The Labute approximate surface area is 108 Å². The van der Waals surface area contributed by atoms with E-state index in [0.29, 0.717) is 6.42 Å². The number of rotatable bonds is 0. The lowest BCUT2D eigenvalue weighted by molar-refractivity contribution is -0.190. The summed E-state index contributed by atoms with van der Waals surface area (Å²) in [6, 6.07) is 0. The highest BCUT2D eigenvalue weighted by Gasteiger charge is 2.72. The fourth-order valence-electron chi connectivity index (χ4n) is 4.97. The number of aliphatic hydroxyl groups excluding tert-OH is 2. The van der Waals surface area contributed by atoms with Gasteiger partial charge in [0.05, 0.1) is 12.2 Å². The standard InChI is InChI=1S/C15H22O3/c1-7-5-8(16)12-13-11(7)15(12,4)10(18)6-9(17)14(13,2)3/h5,9-13,17-18H,6H2,1-4H3/t9-,10-,11-,12+,13-,15+/m0/s1. The smallest absolute Gasteiger partial charge is 0.159 e. The van der Waals surface area contributed by atoms with Crippen molar-refractivity contribution in [3.63, 3.8) is 0 Å². The third-order valence-electron chi connectivity index (χ3n) is 6.11. The van der Waals surface area contributed by atoms with Gasteiger partial charge in [-0.15, -0.1) is 0 Å². The molecule has 3 nitrogen and oxygen atoms in total. The quantitative estimate of drug-likeness (QED) is 0.685. The molecule has 3 heteroatoms. The molecule has 0 heterocycles. The van der Waals surface area contributed by atoms with Crippen molar-refractivity contribution >= 4 is 5.78 Å². The summed E-state index contributed by atoms with van der Waals surface area (Å²) in [6.07, 6.45) is 1.00. The first-order valence-electron chi connectivity index (χ1n) is 6.80. The Hall–Kier alpha value is -0.670. The predicted octanol–water partition coefficient (Wildman–Crippen LogP) is 1.54. The van der Waals surface area contributed by atoms with Gasteiger partial charge in [0.1, 0.15) is 0 Å². The van der Waals surface area contributed by atoms with E-state index < -0.39 is 12.2 Å². The van der Waals surface area contributed by atoms with Crippen molar-refractivity contribution in [1.29, 1.82) is 0 Å². The second-order valence-electron chi connectivity index (χ2n) is 7.23. The lowest BCUT2D eigenvalue weighted by atomic mass is 9.37. The largest absolute Gasteiger partial charge is 0.392 e. The molecule has 2 fully saturated rings. The molecule has 0 amide bonds. The number of hydrogen-bond donors (Lipinski definition) is 2. The average Bonchev–Trinajstić information content (AvgIpc) is 2.31. The number of ketones is 1. The summed E-state index contributed by atoms with van der Waals surface area (Å²) < 4.78 is 0. The molecule has 0 aromatic rings. The van der Waals surface area contributed by atoms with Crippen LogP contribution in [0.2, 0.25) is 0 Å². The molecule has 0 radical (unpaired) electrons. The van der Waals surface area contributed by atoms with Crippen LogP contribution in [-0.2, 0) is 4.79 Å². The highest BCUT2D eigenvalue weighted by atomic mass is 16.3. The van der Waals surface area contributed by atoms with Crippen LogP contribution < -0.4 is 0 Å². The van der Waals surface area contributed by atoms with Gasteiger partial charge in [-0.25, -0.2) is 0 Å². The second kappa shape index (κ2) is 3.26. The average molecular weight is 250 g/mol. The molecule has 100 valence electrons. The molecule has 18 heavy (non-hydrogen) atoms. The van der Waals surface area contributed by atoms with Crippen molar-refractivity contribution in [3.8, 4) is 0 Å². The van der Waals surface area contributed by atoms with Crippen molar-refractivity contribution in [2.45, 2.75) is 46.3 Å². The van der Waals surface area contributed by atoms with E-state index in [1.807, 2.05) is 27.7 Å². The zero-order valence-corrected chi connectivity index (χ0v) is 11.5. The minimum atomic E-state index is -0.590. The normalized spacial score (nSPS) is 53.3. The maximum Gasteiger partial charge on any atom is 0.159 e. The molecule has 0 saturated heterocycles. The molecule has 0 aromatic heterocycles. The topological polar surface area (TPSA) is 57.5 Å². The molecule has 4 aliphatic carbocycles. The Kier molecular flexibility index (Phi) is 2.24. The van der Waals surface area contributed by atoms with Crippen LogP contribution in [0.1, 0.15) is 34.1 Å². The van der Waals surface area contributed by atoms with Gasteiger partial charge >= 0.3 is 0 Å². The molecule has 6 atom stereocenters. The van der Waals surface area contributed by atoms with E-state index in [0.717, 1.165) is 5.57 Å². The lowest BCUT2D eigenvalue weighted by Gasteiger charge is -2.65. The SMILES string of the molecule is CC1=CC(=O)[C@@H]2[C@@H]3[C@H]1[C@@]2(C)[C@@H](O)C[C@H](O)C3(C)C. The predicted molar refractivity (Wildman–Crippen MR) is 67.8 cm³/mol. The summed E-state index contributed by atoms with van der Waals surface area (Å²) in [5.41, 5.74) is 0.406. The lowest BCUT2D eigenvalue weighted by Crippen LogP contribution is -2.67. The van der Waals surface area contributed by atoms with Crippen molar-refractivity contribution in [1.82, 2.24) is 0 Å². The van der Waals surface area contributed by atoms with Crippen LogP contribution in [0.4, 0.5) is 0 Å². The zero-order chi connectivity index (χ0) is 13.5. The van der Waals surface area contributed by atoms with Crippen LogP contribution >= 0.6 is 0 Å². The highest BCUT2D eigenvalue weighted by Crippen LogP contribution is 2.71.